The molecule has 146 valence electrons. The molecule has 2 aromatic carbocycles. The third-order valence-corrected chi connectivity index (χ3v) is 4.75. The zero-order valence-corrected chi connectivity index (χ0v) is 17.0. The molecule has 0 bridgehead atoms. The second-order valence-electron chi connectivity index (χ2n) is 6.79. The lowest BCUT2D eigenvalue weighted by molar-refractivity contribution is -0.0979. The van der Waals surface area contributed by atoms with Gasteiger partial charge in [-0.1, -0.05) is 88.2 Å². The van der Waals surface area contributed by atoms with E-state index >= 15 is 0 Å². The van der Waals surface area contributed by atoms with Crippen LogP contribution >= 0.6 is 0 Å². The molecule has 0 atom stereocenters. The molecule has 2 heteroatoms. The van der Waals surface area contributed by atoms with Gasteiger partial charge in [-0.05, 0) is 40.3 Å². The predicted octanol–water partition coefficient (Wildman–Crippen LogP) is 6.41. The van der Waals surface area contributed by atoms with Crippen molar-refractivity contribution in [1.82, 2.24) is 0 Å². The van der Waals surface area contributed by atoms with Crippen LogP contribution in [0.5, 0.6) is 5.75 Å². The van der Waals surface area contributed by atoms with E-state index in [9.17, 15) is 0 Å². The van der Waals surface area contributed by atoms with E-state index in [2.05, 4.69) is 70.5 Å². The predicted molar refractivity (Wildman–Crippen MR) is 122 cm³/mol. The molecule has 0 saturated heterocycles. The Hall–Kier alpha value is -3.13. The van der Waals surface area contributed by atoms with Gasteiger partial charge in [0.1, 0.15) is 19.1 Å². The summed E-state index contributed by atoms with van der Waals surface area (Å²) in [7, 11) is 0. The minimum Gasteiger partial charge on any atom is -0.489 e. The van der Waals surface area contributed by atoms with Crippen LogP contribution in [0.15, 0.2) is 74.9 Å². The van der Waals surface area contributed by atoms with Gasteiger partial charge in [-0.3, -0.25) is 0 Å². The van der Waals surface area contributed by atoms with E-state index < -0.39 is 0 Å². The number of ether oxygens (including phenoxy) is 1. The van der Waals surface area contributed by atoms with Crippen molar-refractivity contribution in [2.24, 2.45) is 0 Å². The molecule has 0 N–H and O–H groups in total. The highest BCUT2D eigenvalue weighted by Crippen LogP contribution is 2.35. The highest BCUT2D eigenvalue weighted by molar-refractivity contribution is 5.65. The van der Waals surface area contributed by atoms with Crippen LogP contribution in [0.4, 0.5) is 0 Å². The molecule has 0 aromatic heterocycles. The van der Waals surface area contributed by atoms with Crippen LogP contribution in [-0.4, -0.2) is 13.4 Å². The third-order valence-electron chi connectivity index (χ3n) is 4.75. The first kappa shape index (κ1) is 22.9. The van der Waals surface area contributed by atoms with E-state index in [1.165, 1.54) is 11.1 Å². The van der Waals surface area contributed by atoms with E-state index in [0.29, 0.717) is 6.61 Å². The van der Waals surface area contributed by atoms with Crippen molar-refractivity contribution >= 4 is 18.9 Å². The van der Waals surface area contributed by atoms with Gasteiger partial charge in [-0.15, -0.1) is 6.58 Å². The third kappa shape index (κ3) is 5.20. The topological polar surface area (TPSA) is 26.3 Å². The quantitative estimate of drug-likeness (QED) is 0.474. The van der Waals surface area contributed by atoms with Crippen LogP contribution < -0.4 is 4.74 Å². The molecule has 2 nitrogen and oxygen atoms in total. The summed E-state index contributed by atoms with van der Waals surface area (Å²) in [5.74, 6) is 0.887. The second kappa shape index (κ2) is 10.9. The van der Waals surface area contributed by atoms with Gasteiger partial charge in [0, 0.05) is 5.41 Å². The van der Waals surface area contributed by atoms with Gasteiger partial charge < -0.3 is 9.53 Å². The molecular weight excluding hydrogens is 344 g/mol. The molecule has 0 amide bonds. The van der Waals surface area contributed by atoms with Crippen LogP contribution in [0.2, 0.25) is 0 Å². The summed E-state index contributed by atoms with van der Waals surface area (Å²) in [5, 5.41) is 0. The number of allylic oxidation sites excluding steroid dienone is 1. The summed E-state index contributed by atoms with van der Waals surface area (Å²) in [6.45, 7) is 22.4. The lowest BCUT2D eigenvalue weighted by atomic mass is 9.76. The summed E-state index contributed by atoms with van der Waals surface area (Å²) >= 11 is 0. The van der Waals surface area contributed by atoms with Crippen LogP contribution in [0, 0.1) is 0 Å². The lowest BCUT2D eigenvalue weighted by Crippen LogP contribution is -2.19. The maximum atomic E-state index is 8.00. The normalized spacial score (nSPS) is 10.2. The number of benzene rings is 2. The fourth-order valence-electron chi connectivity index (χ4n) is 3.07. The van der Waals surface area contributed by atoms with Crippen LogP contribution in [0.1, 0.15) is 41.7 Å². The number of carbonyl (C=O) groups excluding carboxylic acids is 1. The summed E-state index contributed by atoms with van der Waals surface area (Å²) in [5.41, 5.74) is 5.66. The fraction of sp³-hybridized carbons (Fsp3) is 0.192. The average Bonchev–Trinajstić information content (AvgIpc) is 2.73. The van der Waals surface area contributed by atoms with E-state index in [0.717, 1.165) is 28.9 Å². The largest absolute Gasteiger partial charge is 0.489 e. The molecule has 0 aliphatic carbocycles. The molecule has 0 aliphatic heterocycles. The molecular formula is C26H30O2. The highest BCUT2D eigenvalue weighted by atomic mass is 16.5. The monoisotopic (exact) mass is 374 g/mol. The standard InChI is InChI=1S/C25H28O.CH2O/c1-7-11-21-18-23(14-15-24(21)26-16-8-2)25(5,6)22-13-12-19(9-3)20(10-4)17-22;1-2/h7-10,12-15,17-18H,1-4,11,16H2,5-6H3;1H2. The summed E-state index contributed by atoms with van der Waals surface area (Å²) in [6, 6.07) is 12.9. The molecule has 28 heavy (non-hydrogen) atoms. The minimum atomic E-state index is -0.148. The van der Waals surface area contributed by atoms with Gasteiger partial charge in [0.05, 0.1) is 0 Å². The number of hydrogen-bond donors (Lipinski definition) is 0. The van der Waals surface area contributed by atoms with E-state index in [1.807, 2.05) is 31.1 Å². The minimum absolute atomic E-state index is 0.148. The first-order valence-corrected chi connectivity index (χ1v) is 9.14. The summed E-state index contributed by atoms with van der Waals surface area (Å²) in [4.78, 5) is 8.00. The molecule has 0 heterocycles. The van der Waals surface area contributed by atoms with Crippen molar-refractivity contribution < 1.29 is 9.53 Å². The van der Waals surface area contributed by atoms with Gasteiger partial charge in [-0.25, -0.2) is 0 Å². The van der Waals surface area contributed by atoms with Crippen molar-refractivity contribution in [2.45, 2.75) is 25.7 Å². The molecule has 0 aliphatic rings. The zero-order valence-electron chi connectivity index (χ0n) is 17.0. The van der Waals surface area contributed by atoms with E-state index in [-0.39, 0.29) is 5.41 Å². The second-order valence-corrected chi connectivity index (χ2v) is 6.79. The number of carbonyl (C=O) groups is 1. The first-order valence-electron chi connectivity index (χ1n) is 9.14. The van der Waals surface area contributed by atoms with Gasteiger partial charge in [0.25, 0.3) is 0 Å². The van der Waals surface area contributed by atoms with Crippen LogP contribution in [0.3, 0.4) is 0 Å². The Balaban J connectivity index is 0.00000190. The van der Waals surface area contributed by atoms with Gasteiger partial charge in [0.2, 0.25) is 0 Å². The van der Waals surface area contributed by atoms with E-state index in [4.69, 9.17) is 9.53 Å². The lowest BCUT2D eigenvalue weighted by Gasteiger charge is -2.28. The Morgan fingerprint density at radius 2 is 1.46 bits per heavy atom. The Morgan fingerprint density at radius 3 is 2.04 bits per heavy atom. The smallest absolute Gasteiger partial charge is 0.123 e. The summed E-state index contributed by atoms with van der Waals surface area (Å²) < 4.78 is 5.79. The molecule has 0 saturated carbocycles. The number of hydrogen-bond acceptors (Lipinski definition) is 2. The first-order chi connectivity index (χ1) is 13.5. The Labute approximate surface area is 169 Å². The molecule has 2 rings (SSSR count). The van der Waals surface area contributed by atoms with Crippen molar-refractivity contribution in [3.8, 4) is 5.75 Å². The van der Waals surface area contributed by atoms with E-state index in [1.54, 1.807) is 6.08 Å². The number of rotatable bonds is 9. The van der Waals surface area contributed by atoms with Crippen LogP contribution in [0.25, 0.3) is 12.2 Å². The van der Waals surface area contributed by atoms with Gasteiger partial charge in [-0.2, -0.15) is 0 Å². The maximum Gasteiger partial charge on any atom is 0.123 e. The maximum absolute atomic E-state index is 8.00. The van der Waals surface area contributed by atoms with Gasteiger partial charge >= 0.3 is 0 Å². The average molecular weight is 375 g/mol. The van der Waals surface area contributed by atoms with Crippen molar-refractivity contribution in [3.63, 3.8) is 0 Å². The highest BCUT2D eigenvalue weighted by Gasteiger charge is 2.24. The molecule has 0 fully saturated rings. The molecule has 0 spiro atoms. The van der Waals surface area contributed by atoms with Gasteiger partial charge in [0.15, 0.2) is 0 Å². The Morgan fingerprint density at radius 1 is 0.857 bits per heavy atom. The molecule has 0 radical (unpaired) electrons. The van der Waals surface area contributed by atoms with Crippen molar-refractivity contribution in [1.29, 1.82) is 0 Å². The Bertz CT molecular complexity index is 844. The van der Waals surface area contributed by atoms with Crippen molar-refractivity contribution in [2.75, 3.05) is 6.61 Å². The van der Waals surface area contributed by atoms with Crippen molar-refractivity contribution in [3.05, 3.63) is 103 Å². The zero-order chi connectivity index (χ0) is 21.2. The SMILES string of the molecule is C=CCOc1ccc(C(C)(C)c2ccc(C=C)c(C=C)c2)cc1CC=C.C=O. The Kier molecular flexibility index (Phi) is 8.90. The molecule has 2 aromatic rings. The fourth-order valence-corrected chi connectivity index (χ4v) is 3.07. The molecule has 0 unspecified atom stereocenters. The summed E-state index contributed by atoms with van der Waals surface area (Å²) in [6.07, 6.45) is 8.17. The van der Waals surface area contributed by atoms with Crippen LogP contribution in [-0.2, 0) is 16.6 Å².